The first-order chi connectivity index (χ1) is 14.1. The molecular weight excluding hydrogens is 370 g/mol. The van der Waals surface area contributed by atoms with Gasteiger partial charge in [0.05, 0.1) is 32.2 Å². The van der Waals surface area contributed by atoms with E-state index >= 15 is 0 Å². The third kappa shape index (κ3) is 3.65. The number of methoxy groups -OCH3 is 3. The van der Waals surface area contributed by atoms with Crippen molar-refractivity contribution >= 4 is 10.9 Å². The molecular formula is C22H25N3O4. The van der Waals surface area contributed by atoms with Crippen LogP contribution in [0.5, 0.6) is 17.2 Å². The lowest BCUT2D eigenvalue weighted by Gasteiger charge is -2.20. The van der Waals surface area contributed by atoms with Gasteiger partial charge < -0.3 is 14.2 Å². The molecule has 0 amide bonds. The third-order valence-electron chi connectivity index (χ3n) is 5.42. The average Bonchev–Trinajstić information content (AvgIpc) is 2.96. The monoisotopic (exact) mass is 395 g/mol. The lowest BCUT2D eigenvalue weighted by atomic mass is 10.2. The Hall–Kier alpha value is -3.06. The van der Waals surface area contributed by atoms with Crippen LogP contribution in [0, 0.1) is 0 Å². The Morgan fingerprint density at radius 2 is 1.66 bits per heavy atom. The predicted octanol–water partition coefficient (Wildman–Crippen LogP) is 2.48. The molecule has 1 aliphatic rings. The smallest absolute Gasteiger partial charge is 0.261 e. The fourth-order valence-corrected chi connectivity index (χ4v) is 3.86. The predicted molar refractivity (Wildman–Crippen MR) is 111 cm³/mol. The van der Waals surface area contributed by atoms with Gasteiger partial charge in [-0.25, -0.2) is 4.98 Å². The van der Waals surface area contributed by atoms with Crippen LogP contribution in [-0.4, -0.2) is 48.9 Å². The molecule has 0 saturated heterocycles. The zero-order valence-electron chi connectivity index (χ0n) is 17.0. The van der Waals surface area contributed by atoms with Crippen molar-refractivity contribution < 1.29 is 14.2 Å². The van der Waals surface area contributed by atoms with Crippen LogP contribution in [0.2, 0.25) is 0 Å². The van der Waals surface area contributed by atoms with Gasteiger partial charge in [0.25, 0.3) is 5.56 Å². The molecule has 2 heterocycles. The highest BCUT2D eigenvalue weighted by molar-refractivity contribution is 5.82. The Kier molecular flexibility index (Phi) is 5.40. The largest absolute Gasteiger partial charge is 0.496 e. The van der Waals surface area contributed by atoms with E-state index in [0.717, 1.165) is 36.8 Å². The molecule has 0 unspecified atom stereocenters. The van der Waals surface area contributed by atoms with E-state index in [9.17, 15) is 4.79 Å². The normalized spacial score (nSPS) is 14.3. The van der Waals surface area contributed by atoms with Gasteiger partial charge in [0, 0.05) is 44.2 Å². The van der Waals surface area contributed by atoms with Gasteiger partial charge in [-0.05, 0) is 12.1 Å². The van der Waals surface area contributed by atoms with E-state index in [1.54, 1.807) is 38.0 Å². The highest BCUT2D eigenvalue weighted by Gasteiger charge is 2.20. The van der Waals surface area contributed by atoms with E-state index in [1.807, 2.05) is 18.2 Å². The molecule has 29 heavy (non-hydrogen) atoms. The van der Waals surface area contributed by atoms with Crippen molar-refractivity contribution in [2.45, 2.75) is 19.5 Å². The van der Waals surface area contributed by atoms with Gasteiger partial charge in [-0.15, -0.1) is 0 Å². The van der Waals surface area contributed by atoms with Crippen molar-refractivity contribution in [3.8, 4) is 17.2 Å². The Morgan fingerprint density at radius 1 is 0.931 bits per heavy atom. The number of nitrogens with zero attached hydrogens (tertiary/aromatic N) is 3. The molecule has 4 rings (SSSR count). The molecule has 7 heteroatoms. The van der Waals surface area contributed by atoms with Crippen LogP contribution in [0.1, 0.15) is 11.4 Å². The molecule has 7 nitrogen and oxygen atoms in total. The summed E-state index contributed by atoms with van der Waals surface area (Å²) in [6, 6.07) is 11.5. The summed E-state index contributed by atoms with van der Waals surface area (Å²) in [6.07, 6.45) is 0.703. The first kappa shape index (κ1) is 19.3. The summed E-state index contributed by atoms with van der Waals surface area (Å²) >= 11 is 0. The fraction of sp³-hybridized carbons (Fsp3) is 0.364. The second kappa shape index (κ2) is 8.13. The number of hydrogen-bond acceptors (Lipinski definition) is 6. The second-order valence-electron chi connectivity index (χ2n) is 7.05. The molecule has 0 atom stereocenters. The molecule has 3 aromatic rings. The van der Waals surface area contributed by atoms with E-state index in [4.69, 9.17) is 19.2 Å². The van der Waals surface area contributed by atoms with Crippen molar-refractivity contribution in [1.82, 2.24) is 14.5 Å². The molecule has 2 aromatic carbocycles. The summed E-state index contributed by atoms with van der Waals surface area (Å²) in [4.78, 5) is 20.3. The van der Waals surface area contributed by atoms with Gasteiger partial charge in [0.1, 0.15) is 11.6 Å². The van der Waals surface area contributed by atoms with Crippen LogP contribution < -0.4 is 19.8 Å². The minimum absolute atomic E-state index is 0.0369. The first-order valence-electron chi connectivity index (χ1n) is 9.64. The van der Waals surface area contributed by atoms with E-state index < -0.39 is 0 Å². The summed E-state index contributed by atoms with van der Waals surface area (Å²) in [5, 5.41) is 0.546. The maximum absolute atomic E-state index is 13.1. The van der Waals surface area contributed by atoms with Crippen LogP contribution in [0.3, 0.4) is 0 Å². The molecule has 0 radical (unpaired) electrons. The summed E-state index contributed by atoms with van der Waals surface area (Å²) in [5.74, 6) is 2.79. The maximum Gasteiger partial charge on any atom is 0.261 e. The highest BCUT2D eigenvalue weighted by atomic mass is 16.5. The Labute approximate surface area is 169 Å². The van der Waals surface area contributed by atoms with Crippen molar-refractivity contribution in [3.05, 3.63) is 58.1 Å². The summed E-state index contributed by atoms with van der Waals surface area (Å²) < 4.78 is 18.0. The van der Waals surface area contributed by atoms with Crippen LogP contribution >= 0.6 is 0 Å². The van der Waals surface area contributed by atoms with Crippen molar-refractivity contribution in [1.29, 1.82) is 0 Å². The molecule has 0 saturated carbocycles. The number of hydrogen-bond donors (Lipinski definition) is 0. The number of ether oxygens (including phenoxy) is 3. The van der Waals surface area contributed by atoms with Gasteiger partial charge in [-0.2, -0.15) is 0 Å². The highest BCUT2D eigenvalue weighted by Crippen LogP contribution is 2.30. The molecule has 0 bridgehead atoms. The molecule has 0 aliphatic carbocycles. The lowest BCUT2D eigenvalue weighted by Crippen LogP contribution is -2.29. The fourth-order valence-electron chi connectivity index (χ4n) is 3.86. The number of benzene rings is 2. The maximum atomic E-state index is 13.1. The van der Waals surface area contributed by atoms with Gasteiger partial charge in [0.2, 0.25) is 0 Å². The molecule has 0 fully saturated rings. The van der Waals surface area contributed by atoms with Gasteiger partial charge in [-0.3, -0.25) is 14.3 Å². The molecule has 1 aliphatic heterocycles. The van der Waals surface area contributed by atoms with Crippen LogP contribution in [0.4, 0.5) is 0 Å². The number of fused-ring (bicyclic) bond motifs is 2. The zero-order valence-corrected chi connectivity index (χ0v) is 17.0. The number of aromatic nitrogens is 2. The Bertz CT molecular complexity index is 1090. The molecule has 1 aromatic heterocycles. The van der Waals surface area contributed by atoms with Crippen molar-refractivity contribution in [3.63, 3.8) is 0 Å². The van der Waals surface area contributed by atoms with Crippen molar-refractivity contribution in [2.75, 3.05) is 34.4 Å². The topological polar surface area (TPSA) is 65.8 Å². The van der Waals surface area contributed by atoms with Crippen LogP contribution in [-0.2, 0) is 19.5 Å². The third-order valence-corrected chi connectivity index (χ3v) is 5.42. The van der Waals surface area contributed by atoms with Gasteiger partial charge in [-0.1, -0.05) is 18.2 Å². The van der Waals surface area contributed by atoms with Gasteiger partial charge in [0.15, 0.2) is 11.5 Å². The molecule has 0 spiro atoms. The summed E-state index contributed by atoms with van der Waals surface area (Å²) in [5.41, 5.74) is 1.74. The first-order valence-corrected chi connectivity index (χ1v) is 9.64. The summed E-state index contributed by atoms with van der Waals surface area (Å²) in [7, 11) is 4.83. The Morgan fingerprint density at radius 3 is 2.41 bits per heavy atom. The van der Waals surface area contributed by atoms with Crippen molar-refractivity contribution in [2.24, 2.45) is 0 Å². The van der Waals surface area contributed by atoms with Crippen LogP contribution in [0.25, 0.3) is 10.9 Å². The van der Waals surface area contributed by atoms with Gasteiger partial charge >= 0.3 is 0 Å². The Balaban J connectivity index is 1.65. The minimum atomic E-state index is -0.0369. The van der Waals surface area contributed by atoms with E-state index in [0.29, 0.717) is 35.4 Å². The zero-order chi connectivity index (χ0) is 20.4. The second-order valence-corrected chi connectivity index (χ2v) is 7.05. The van der Waals surface area contributed by atoms with E-state index in [-0.39, 0.29) is 5.56 Å². The number of rotatable bonds is 5. The van der Waals surface area contributed by atoms with E-state index in [2.05, 4.69) is 11.0 Å². The van der Waals surface area contributed by atoms with E-state index in [1.165, 1.54) is 0 Å². The lowest BCUT2D eigenvalue weighted by molar-refractivity contribution is 0.266. The standard InChI is InChI=1S/C22H25N3O4/c1-27-18-7-5-4-6-15(18)14-24-9-8-21-23-17-13-20(29-3)19(28-2)12-16(17)22(26)25(21)11-10-24/h4-7,12-13H,8-11,14H2,1-3H3. The minimum Gasteiger partial charge on any atom is -0.496 e. The number of para-hydroxylation sites is 1. The summed E-state index contributed by atoms with van der Waals surface area (Å²) in [6.45, 7) is 2.96. The average molecular weight is 395 g/mol. The SMILES string of the molecule is COc1ccccc1CN1CCc2nc3cc(OC)c(OC)cc3c(=O)n2CC1. The molecule has 152 valence electrons. The van der Waals surface area contributed by atoms with Crippen LogP contribution in [0.15, 0.2) is 41.2 Å². The quantitative estimate of drug-likeness (QED) is 0.661. The molecule has 0 N–H and O–H groups in total.